The number of piperazine rings is 1. The summed E-state index contributed by atoms with van der Waals surface area (Å²) in [5.74, 6) is 0.766. The first-order valence-corrected chi connectivity index (χ1v) is 8.00. The lowest BCUT2D eigenvalue weighted by atomic mass is 10.3. The van der Waals surface area contributed by atoms with Crippen LogP contribution < -0.4 is 11.1 Å². The highest BCUT2D eigenvalue weighted by atomic mass is 19.1. The molecule has 0 atom stereocenters. The average Bonchev–Trinajstić information content (AvgIpc) is 2.57. The van der Waals surface area contributed by atoms with Crippen molar-refractivity contribution in [3.8, 4) is 0 Å². The van der Waals surface area contributed by atoms with Crippen LogP contribution in [0.15, 0.2) is 24.3 Å². The smallest absolute Gasteiger partial charge is 0.232 e. The number of carbonyl (C=O) groups excluding carboxylic acids is 1. The van der Waals surface area contributed by atoms with Crippen LogP contribution in [-0.2, 0) is 11.3 Å². The van der Waals surface area contributed by atoms with Crippen LogP contribution in [0.2, 0.25) is 0 Å². The Labute approximate surface area is 144 Å². The third kappa shape index (κ3) is 4.60. The van der Waals surface area contributed by atoms with E-state index in [-0.39, 0.29) is 17.7 Å². The number of benzene rings is 1. The van der Waals surface area contributed by atoms with Gasteiger partial charge in [-0.3, -0.25) is 9.69 Å². The van der Waals surface area contributed by atoms with Crippen molar-refractivity contribution in [2.24, 2.45) is 0 Å². The molecule has 3 rings (SSSR count). The van der Waals surface area contributed by atoms with E-state index in [1.54, 1.807) is 19.1 Å². The van der Waals surface area contributed by atoms with Crippen LogP contribution in [0.3, 0.4) is 0 Å². The molecule has 1 saturated heterocycles. The quantitative estimate of drug-likeness (QED) is 0.852. The second-order valence-electron chi connectivity index (χ2n) is 5.85. The zero-order chi connectivity index (χ0) is 17.8. The number of anilines is 3. The van der Waals surface area contributed by atoms with E-state index >= 15 is 0 Å². The molecule has 0 radical (unpaired) electrons. The molecule has 132 valence electrons. The molecule has 1 aliphatic rings. The number of nitrogens with one attached hydrogen (secondary N) is 1. The van der Waals surface area contributed by atoms with Crippen molar-refractivity contribution in [1.29, 1.82) is 0 Å². The van der Waals surface area contributed by atoms with Crippen LogP contribution in [0.1, 0.15) is 12.7 Å². The summed E-state index contributed by atoms with van der Waals surface area (Å²) < 4.78 is 13.0. The molecule has 1 aliphatic heterocycles. The van der Waals surface area contributed by atoms with Crippen LogP contribution >= 0.6 is 0 Å². The number of aromatic nitrogens is 3. The molecule has 0 bridgehead atoms. The van der Waals surface area contributed by atoms with E-state index in [1.807, 2.05) is 4.90 Å². The fourth-order valence-electron chi connectivity index (χ4n) is 2.65. The molecule has 1 aromatic carbocycles. The SMILES string of the molecule is CC(=O)N1CCN(Cc2nc(N)nc(Nc3ccc(F)cc3)n2)CC1. The lowest BCUT2D eigenvalue weighted by Gasteiger charge is -2.33. The highest BCUT2D eigenvalue weighted by Gasteiger charge is 2.19. The van der Waals surface area contributed by atoms with Gasteiger partial charge in [-0.15, -0.1) is 0 Å². The first kappa shape index (κ1) is 17.0. The summed E-state index contributed by atoms with van der Waals surface area (Å²) >= 11 is 0. The molecule has 25 heavy (non-hydrogen) atoms. The van der Waals surface area contributed by atoms with Gasteiger partial charge < -0.3 is 16.0 Å². The summed E-state index contributed by atoms with van der Waals surface area (Å²) in [6, 6.07) is 5.89. The van der Waals surface area contributed by atoms with E-state index < -0.39 is 0 Å². The van der Waals surface area contributed by atoms with Gasteiger partial charge in [0.25, 0.3) is 0 Å². The largest absolute Gasteiger partial charge is 0.368 e. The standard InChI is InChI=1S/C16H20FN7O/c1-11(25)24-8-6-23(7-9-24)10-14-20-15(18)22-16(21-14)19-13-4-2-12(17)3-5-13/h2-5H,6-10H2,1H3,(H3,18,19,20,21,22). The maximum atomic E-state index is 13.0. The molecule has 2 heterocycles. The molecular weight excluding hydrogens is 325 g/mol. The normalized spacial score (nSPS) is 15.2. The highest BCUT2D eigenvalue weighted by molar-refractivity contribution is 5.73. The van der Waals surface area contributed by atoms with Gasteiger partial charge in [0.05, 0.1) is 6.54 Å². The number of nitrogen functional groups attached to an aromatic ring is 1. The van der Waals surface area contributed by atoms with E-state index in [4.69, 9.17) is 5.73 Å². The predicted molar refractivity (Wildman–Crippen MR) is 91.5 cm³/mol. The Morgan fingerprint density at radius 3 is 2.48 bits per heavy atom. The van der Waals surface area contributed by atoms with Crippen molar-refractivity contribution in [2.45, 2.75) is 13.5 Å². The monoisotopic (exact) mass is 345 g/mol. The van der Waals surface area contributed by atoms with Crippen molar-refractivity contribution in [2.75, 3.05) is 37.2 Å². The molecule has 8 nitrogen and oxygen atoms in total. The molecule has 9 heteroatoms. The Hall–Kier alpha value is -2.81. The maximum Gasteiger partial charge on any atom is 0.232 e. The van der Waals surface area contributed by atoms with Crippen LogP contribution in [0.5, 0.6) is 0 Å². The second kappa shape index (κ2) is 7.39. The lowest BCUT2D eigenvalue weighted by Crippen LogP contribution is -2.47. The van der Waals surface area contributed by atoms with Gasteiger partial charge >= 0.3 is 0 Å². The van der Waals surface area contributed by atoms with Gasteiger partial charge in [0, 0.05) is 38.8 Å². The summed E-state index contributed by atoms with van der Waals surface area (Å²) in [5, 5.41) is 2.99. The number of amides is 1. The summed E-state index contributed by atoms with van der Waals surface area (Å²) in [4.78, 5) is 28.0. The van der Waals surface area contributed by atoms with Gasteiger partial charge in [-0.1, -0.05) is 0 Å². The number of rotatable bonds is 4. The van der Waals surface area contributed by atoms with E-state index in [9.17, 15) is 9.18 Å². The Morgan fingerprint density at radius 2 is 1.84 bits per heavy atom. The van der Waals surface area contributed by atoms with Gasteiger partial charge in [-0.2, -0.15) is 15.0 Å². The highest BCUT2D eigenvalue weighted by Crippen LogP contribution is 2.15. The third-order valence-electron chi connectivity index (χ3n) is 3.98. The number of hydrogen-bond donors (Lipinski definition) is 2. The molecule has 0 aliphatic carbocycles. The topological polar surface area (TPSA) is 100 Å². The summed E-state index contributed by atoms with van der Waals surface area (Å²) in [7, 11) is 0. The summed E-state index contributed by atoms with van der Waals surface area (Å²) in [5.41, 5.74) is 6.43. The number of nitrogens with zero attached hydrogens (tertiary/aromatic N) is 5. The molecule has 2 aromatic rings. The van der Waals surface area contributed by atoms with E-state index in [0.717, 1.165) is 13.1 Å². The first-order valence-electron chi connectivity index (χ1n) is 8.00. The molecular formula is C16H20FN7O. The Kier molecular flexibility index (Phi) is 5.03. The van der Waals surface area contributed by atoms with Gasteiger partial charge in [0.1, 0.15) is 11.6 Å². The minimum atomic E-state index is -0.314. The molecule has 1 aromatic heterocycles. The fraction of sp³-hybridized carbons (Fsp3) is 0.375. The predicted octanol–water partition coefficient (Wildman–Crippen LogP) is 1.00. The van der Waals surface area contributed by atoms with Crippen LogP contribution in [-0.4, -0.2) is 56.8 Å². The molecule has 1 fully saturated rings. The van der Waals surface area contributed by atoms with Gasteiger partial charge in [0.2, 0.25) is 17.8 Å². The number of carbonyl (C=O) groups is 1. The minimum Gasteiger partial charge on any atom is -0.368 e. The number of nitrogens with two attached hydrogens (primary N) is 1. The fourth-order valence-corrected chi connectivity index (χ4v) is 2.65. The zero-order valence-electron chi connectivity index (χ0n) is 13.9. The molecule has 0 unspecified atom stereocenters. The van der Waals surface area contributed by atoms with Crippen molar-refractivity contribution < 1.29 is 9.18 Å². The summed E-state index contributed by atoms with van der Waals surface area (Å²) in [6.07, 6.45) is 0. The first-order chi connectivity index (χ1) is 12.0. The Balaban J connectivity index is 1.65. The van der Waals surface area contributed by atoms with Gasteiger partial charge in [-0.25, -0.2) is 4.39 Å². The van der Waals surface area contributed by atoms with E-state index in [2.05, 4.69) is 25.2 Å². The van der Waals surface area contributed by atoms with E-state index in [0.29, 0.717) is 37.1 Å². The molecule has 0 spiro atoms. The lowest BCUT2D eigenvalue weighted by molar-refractivity contribution is -0.130. The van der Waals surface area contributed by atoms with Crippen molar-refractivity contribution in [3.05, 3.63) is 35.9 Å². The van der Waals surface area contributed by atoms with Crippen LogP contribution in [0.4, 0.5) is 22.0 Å². The average molecular weight is 345 g/mol. The van der Waals surface area contributed by atoms with Crippen molar-refractivity contribution >= 4 is 23.5 Å². The van der Waals surface area contributed by atoms with Crippen LogP contribution in [0.25, 0.3) is 0 Å². The minimum absolute atomic E-state index is 0.0924. The molecule has 1 amide bonds. The Bertz CT molecular complexity index is 745. The second-order valence-corrected chi connectivity index (χ2v) is 5.85. The number of hydrogen-bond acceptors (Lipinski definition) is 7. The Morgan fingerprint density at radius 1 is 1.16 bits per heavy atom. The van der Waals surface area contributed by atoms with Crippen molar-refractivity contribution in [3.63, 3.8) is 0 Å². The molecule has 0 saturated carbocycles. The zero-order valence-corrected chi connectivity index (χ0v) is 13.9. The third-order valence-corrected chi connectivity index (χ3v) is 3.98. The maximum absolute atomic E-state index is 13.0. The number of halogens is 1. The molecule has 3 N–H and O–H groups in total. The van der Waals surface area contributed by atoms with Gasteiger partial charge in [0.15, 0.2) is 0 Å². The van der Waals surface area contributed by atoms with Crippen LogP contribution in [0, 0.1) is 5.82 Å². The summed E-state index contributed by atoms with van der Waals surface area (Å²) in [6.45, 7) is 5.00. The van der Waals surface area contributed by atoms with Gasteiger partial charge in [-0.05, 0) is 24.3 Å². The van der Waals surface area contributed by atoms with Crippen molar-refractivity contribution in [1.82, 2.24) is 24.8 Å². The van der Waals surface area contributed by atoms with E-state index in [1.165, 1.54) is 12.1 Å².